The van der Waals surface area contributed by atoms with Crippen molar-refractivity contribution in [1.29, 1.82) is 0 Å². The average molecular weight is 358 g/mol. The molecular formula is C17H31N3O3S. The first-order valence-corrected chi connectivity index (χ1v) is 11.1. The first-order valence-electron chi connectivity index (χ1n) is 9.47. The molecule has 2 atom stereocenters. The summed E-state index contributed by atoms with van der Waals surface area (Å²) in [6, 6.07) is 0.114. The second-order valence-corrected chi connectivity index (χ2v) is 9.78. The van der Waals surface area contributed by atoms with E-state index in [1.807, 2.05) is 6.92 Å². The van der Waals surface area contributed by atoms with Gasteiger partial charge in [0.2, 0.25) is 15.9 Å². The van der Waals surface area contributed by atoms with Gasteiger partial charge in [-0.3, -0.25) is 4.79 Å². The lowest BCUT2D eigenvalue weighted by Gasteiger charge is -2.39. The van der Waals surface area contributed by atoms with Crippen LogP contribution in [-0.4, -0.2) is 56.6 Å². The first-order chi connectivity index (χ1) is 11.5. The molecule has 0 aromatic carbocycles. The summed E-state index contributed by atoms with van der Waals surface area (Å²) in [5, 5.41) is 6.67. The third kappa shape index (κ3) is 3.48. The van der Waals surface area contributed by atoms with Crippen LogP contribution in [0.25, 0.3) is 0 Å². The van der Waals surface area contributed by atoms with E-state index in [1.54, 1.807) is 4.31 Å². The van der Waals surface area contributed by atoms with Gasteiger partial charge in [-0.25, -0.2) is 12.7 Å². The van der Waals surface area contributed by atoms with Crippen molar-refractivity contribution in [2.45, 2.75) is 57.9 Å². The molecular weight excluding hydrogens is 326 g/mol. The summed E-state index contributed by atoms with van der Waals surface area (Å²) in [7, 11) is -3.11. The number of amides is 1. The Bertz CT molecular complexity index is 557. The van der Waals surface area contributed by atoms with Crippen molar-refractivity contribution < 1.29 is 13.2 Å². The zero-order chi connectivity index (χ0) is 17.2. The molecule has 1 saturated carbocycles. The molecule has 1 amide bonds. The molecule has 2 heterocycles. The summed E-state index contributed by atoms with van der Waals surface area (Å²) in [6.07, 6.45) is 6.60. The standard InChI is InChI=1S/C17H31N3O3S/c1-2-11-24(22,23)20-9-6-15(7-10-20)19-16(21)17-8-4-3-5-14(17)12-18-13-17/h14-15,18H,2-13H2,1H3,(H,19,21)/t14-,17+/m0/s1. The molecule has 7 heteroatoms. The van der Waals surface area contributed by atoms with Crippen LogP contribution in [-0.2, 0) is 14.8 Å². The molecule has 1 aliphatic carbocycles. The smallest absolute Gasteiger partial charge is 0.228 e. The number of nitrogens with one attached hydrogen (secondary N) is 2. The van der Waals surface area contributed by atoms with Gasteiger partial charge in [0, 0.05) is 25.7 Å². The third-order valence-corrected chi connectivity index (χ3v) is 8.21. The van der Waals surface area contributed by atoms with Gasteiger partial charge >= 0.3 is 0 Å². The van der Waals surface area contributed by atoms with Crippen molar-refractivity contribution >= 4 is 15.9 Å². The maximum Gasteiger partial charge on any atom is 0.228 e. The predicted molar refractivity (Wildman–Crippen MR) is 94.1 cm³/mol. The van der Waals surface area contributed by atoms with Crippen LogP contribution in [0.3, 0.4) is 0 Å². The highest BCUT2D eigenvalue weighted by Crippen LogP contribution is 2.44. The Morgan fingerprint density at radius 1 is 1.25 bits per heavy atom. The zero-order valence-corrected chi connectivity index (χ0v) is 15.5. The topological polar surface area (TPSA) is 78.5 Å². The number of carbonyl (C=O) groups excluding carboxylic acids is 1. The lowest BCUT2D eigenvalue weighted by Crippen LogP contribution is -2.53. The number of rotatable bonds is 5. The number of piperidine rings is 1. The number of carbonyl (C=O) groups is 1. The van der Waals surface area contributed by atoms with Crippen LogP contribution in [0, 0.1) is 11.3 Å². The number of sulfonamides is 1. The van der Waals surface area contributed by atoms with E-state index in [2.05, 4.69) is 10.6 Å². The SMILES string of the molecule is CCCS(=O)(=O)N1CCC(NC(=O)[C@@]23CCCC[C@H]2CNC3)CC1. The maximum absolute atomic E-state index is 13.0. The molecule has 6 nitrogen and oxygen atoms in total. The van der Waals surface area contributed by atoms with Gasteiger partial charge in [-0.05, 0) is 44.6 Å². The van der Waals surface area contributed by atoms with Crippen LogP contribution in [0.4, 0.5) is 0 Å². The van der Waals surface area contributed by atoms with E-state index in [0.717, 1.165) is 45.2 Å². The van der Waals surface area contributed by atoms with Crippen molar-refractivity contribution in [3.63, 3.8) is 0 Å². The Morgan fingerprint density at radius 3 is 2.71 bits per heavy atom. The molecule has 24 heavy (non-hydrogen) atoms. The molecule has 2 saturated heterocycles. The van der Waals surface area contributed by atoms with E-state index < -0.39 is 10.0 Å². The summed E-state index contributed by atoms with van der Waals surface area (Å²) in [5.74, 6) is 0.892. The molecule has 0 aromatic heterocycles. The van der Waals surface area contributed by atoms with Gasteiger partial charge in [0.1, 0.15) is 0 Å². The number of nitrogens with zero attached hydrogens (tertiary/aromatic N) is 1. The second-order valence-electron chi connectivity index (χ2n) is 7.69. The Hall–Kier alpha value is -0.660. The van der Waals surface area contributed by atoms with E-state index in [-0.39, 0.29) is 23.1 Å². The Balaban J connectivity index is 1.55. The summed E-state index contributed by atoms with van der Waals surface area (Å²) in [6.45, 7) is 4.71. The monoisotopic (exact) mass is 357 g/mol. The van der Waals surface area contributed by atoms with Crippen molar-refractivity contribution in [2.24, 2.45) is 11.3 Å². The van der Waals surface area contributed by atoms with Gasteiger partial charge in [-0.1, -0.05) is 19.8 Å². The van der Waals surface area contributed by atoms with Crippen molar-refractivity contribution in [3.05, 3.63) is 0 Å². The summed E-state index contributed by atoms with van der Waals surface area (Å²) >= 11 is 0. The van der Waals surface area contributed by atoms with Gasteiger partial charge in [0.25, 0.3) is 0 Å². The van der Waals surface area contributed by atoms with Gasteiger partial charge in [0.15, 0.2) is 0 Å². The van der Waals surface area contributed by atoms with Gasteiger partial charge in [-0.2, -0.15) is 0 Å². The average Bonchev–Trinajstić information content (AvgIpc) is 3.00. The molecule has 138 valence electrons. The molecule has 0 aromatic rings. The van der Waals surface area contributed by atoms with Crippen molar-refractivity contribution in [1.82, 2.24) is 14.9 Å². The molecule has 0 bridgehead atoms. The van der Waals surface area contributed by atoms with Crippen LogP contribution < -0.4 is 10.6 Å². The van der Waals surface area contributed by atoms with Crippen molar-refractivity contribution in [3.8, 4) is 0 Å². The van der Waals surface area contributed by atoms with E-state index in [0.29, 0.717) is 25.4 Å². The molecule has 2 aliphatic heterocycles. The Kier molecular flexibility index (Phi) is 5.52. The lowest BCUT2D eigenvalue weighted by atomic mass is 9.67. The Morgan fingerprint density at radius 2 is 2.00 bits per heavy atom. The minimum Gasteiger partial charge on any atom is -0.353 e. The van der Waals surface area contributed by atoms with Crippen LogP contribution in [0.5, 0.6) is 0 Å². The molecule has 3 aliphatic rings. The molecule has 0 unspecified atom stereocenters. The van der Waals surface area contributed by atoms with Gasteiger partial charge in [0.05, 0.1) is 11.2 Å². The van der Waals surface area contributed by atoms with E-state index in [1.165, 1.54) is 6.42 Å². The quantitative estimate of drug-likeness (QED) is 0.772. The highest BCUT2D eigenvalue weighted by atomic mass is 32.2. The van der Waals surface area contributed by atoms with Gasteiger partial charge in [-0.15, -0.1) is 0 Å². The number of hydrogen-bond donors (Lipinski definition) is 2. The maximum atomic E-state index is 13.0. The normalized spacial score (nSPS) is 32.5. The van der Waals surface area contributed by atoms with E-state index in [4.69, 9.17) is 0 Å². The molecule has 0 spiro atoms. The minimum absolute atomic E-state index is 0.114. The third-order valence-electron chi connectivity index (χ3n) is 6.13. The highest BCUT2D eigenvalue weighted by Gasteiger charge is 2.50. The van der Waals surface area contributed by atoms with Crippen LogP contribution in [0.2, 0.25) is 0 Å². The highest BCUT2D eigenvalue weighted by molar-refractivity contribution is 7.89. The summed E-state index contributed by atoms with van der Waals surface area (Å²) < 4.78 is 25.9. The predicted octanol–water partition coefficient (Wildman–Crippen LogP) is 1.09. The van der Waals surface area contributed by atoms with E-state index in [9.17, 15) is 13.2 Å². The second kappa shape index (κ2) is 7.30. The molecule has 3 rings (SSSR count). The van der Waals surface area contributed by atoms with Crippen molar-refractivity contribution in [2.75, 3.05) is 31.9 Å². The fraction of sp³-hybridized carbons (Fsp3) is 0.941. The minimum atomic E-state index is -3.11. The molecule has 3 fully saturated rings. The summed E-state index contributed by atoms with van der Waals surface area (Å²) in [4.78, 5) is 13.0. The van der Waals surface area contributed by atoms with Crippen LogP contribution in [0.1, 0.15) is 51.9 Å². The number of hydrogen-bond acceptors (Lipinski definition) is 4. The van der Waals surface area contributed by atoms with Crippen LogP contribution >= 0.6 is 0 Å². The largest absolute Gasteiger partial charge is 0.353 e. The fourth-order valence-corrected chi connectivity index (χ4v) is 6.23. The molecule has 0 radical (unpaired) electrons. The summed E-state index contributed by atoms with van der Waals surface area (Å²) in [5.41, 5.74) is -0.219. The number of fused-ring (bicyclic) bond motifs is 1. The zero-order valence-electron chi connectivity index (χ0n) is 14.7. The Labute approximate surface area is 145 Å². The van der Waals surface area contributed by atoms with Gasteiger partial charge < -0.3 is 10.6 Å². The fourth-order valence-electron chi connectivity index (χ4n) is 4.68. The first kappa shape index (κ1) is 18.1. The van der Waals surface area contributed by atoms with E-state index >= 15 is 0 Å². The van der Waals surface area contributed by atoms with Crippen LogP contribution in [0.15, 0.2) is 0 Å². The lowest BCUT2D eigenvalue weighted by molar-refractivity contribution is -0.135. The molecule has 2 N–H and O–H groups in total.